The Hall–Kier alpha value is -0.500. The van der Waals surface area contributed by atoms with Crippen LogP contribution in [0.4, 0.5) is 0 Å². The summed E-state index contributed by atoms with van der Waals surface area (Å²) in [5.41, 5.74) is 2.50. The molecule has 0 aliphatic carbocycles. The molecule has 0 saturated carbocycles. The molecular weight excluding hydrogens is 184 g/mol. The molecule has 0 atom stereocenters. The van der Waals surface area contributed by atoms with Crippen molar-refractivity contribution in [1.82, 2.24) is 9.55 Å². The number of hydrogen-bond donors (Lipinski definition) is 0. The van der Waals surface area contributed by atoms with E-state index >= 15 is 0 Å². The molecule has 72 valence electrons. The Morgan fingerprint density at radius 2 is 2.31 bits per heavy atom. The van der Waals surface area contributed by atoms with Gasteiger partial charge in [0.25, 0.3) is 0 Å². The molecule has 3 heteroatoms. The molecule has 2 heterocycles. The molecule has 1 aliphatic rings. The number of fused-ring (bicyclic) bond motifs is 1. The minimum Gasteiger partial charge on any atom is -0.332 e. The van der Waals surface area contributed by atoms with Gasteiger partial charge in [0.15, 0.2) is 0 Å². The molecule has 13 heavy (non-hydrogen) atoms. The van der Waals surface area contributed by atoms with Crippen LogP contribution < -0.4 is 0 Å². The lowest BCUT2D eigenvalue weighted by atomic mass is 10.1. The average molecular weight is 199 g/mol. The lowest BCUT2D eigenvalue weighted by Gasteiger charge is -2.16. The Bertz CT molecular complexity index is 276. The van der Waals surface area contributed by atoms with Crippen molar-refractivity contribution in [2.24, 2.45) is 0 Å². The van der Waals surface area contributed by atoms with E-state index in [-0.39, 0.29) is 0 Å². The first kappa shape index (κ1) is 9.07. The molecule has 0 amide bonds. The molecular formula is C10H15ClN2. The number of nitrogens with zero attached hydrogens (tertiary/aromatic N) is 2. The Morgan fingerprint density at radius 3 is 3.00 bits per heavy atom. The molecule has 0 spiro atoms. The van der Waals surface area contributed by atoms with Crippen LogP contribution in [0.2, 0.25) is 0 Å². The fourth-order valence-corrected chi connectivity index (χ4v) is 2.29. The van der Waals surface area contributed by atoms with Gasteiger partial charge in [0.2, 0.25) is 0 Å². The molecule has 0 N–H and O–H groups in total. The third-order valence-electron chi connectivity index (χ3n) is 2.72. The van der Waals surface area contributed by atoms with Gasteiger partial charge in [0, 0.05) is 18.7 Å². The quantitative estimate of drug-likeness (QED) is 0.668. The van der Waals surface area contributed by atoms with Gasteiger partial charge in [0.1, 0.15) is 5.82 Å². The summed E-state index contributed by atoms with van der Waals surface area (Å²) in [7, 11) is 0. The van der Waals surface area contributed by atoms with Crippen LogP contribution in [0.1, 0.15) is 37.0 Å². The van der Waals surface area contributed by atoms with E-state index in [1.54, 1.807) is 0 Å². The Morgan fingerprint density at radius 1 is 1.46 bits per heavy atom. The molecule has 2 nitrogen and oxygen atoms in total. The van der Waals surface area contributed by atoms with E-state index in [9.17, 15) is 0 Å². The van der Waals surface area contributed by atoms with E-state index in [4.69, 9.17) is 11.6 Å². The lowest BCUT2D eigenvalue weighted by molar-refractivity contribution is 0.515. The number of aromatic nitrogens is 2. The number of hydrogen-bond acceptors (Lipinski definition) is 1. The predicted molar refractivity (Wildman–Crippen MR) is 54.1 cm³/mol. The maximum Gasteiger partial charge on any atom is 0.108 e. The minimum absolute atomic E-state index is 0.565. The van der Waals surface area contributed by atoms with Crippen molar-refractivity contribution in [3.8, 4) is 0 Å². The van der Waals surface area contributed by atoms with Crippen LogP contribution in [0.5, 0.6) is 0 Å². The fourth-order valence-electron chi connectivity index (χ4n) is 2.07. The van der Waals surface area contributed by atoms with Gasteiger partial charge in [-0.25, -0.2) is 4.98 Å². The van der Waals surface area contributed by atoms with Gasteiger partial charge >= 0.3 is 0 Å². The summed E-state index contributed by atoms with van der Waals surface area (Å²) in [6, 6.07) is 0. The highest BCUT2D eigenvalue weighted by Crippen LogP contribution is 2.22. The molecule has 0 radical (unpaired) electrons. The van der Waals surface area contributed by atoms with Crippen molar-refractivity contribution in [3.05, 3.63) is 17.2 Å². The van der Waals surface area contributed by atoms with Gasteiger partial charge in [-0.3, -0.25) is 0 Å². The van der Waals surface area contributed by atoms with Gasteiger partial charge in [-0.1, -0.05) is 6.92 Å². The summed E-state index contributed by atoms with van der Waals surface area (Å²) in [5.74, 6) is 1.78. The van der Waals surface area contributed by atoms with Crippen LogP contribution >= 0.6 is 11.6 Å². The molecule has 0 fully saturated rings. The summed E-state index contributed by atoms with van der Waals surface area (Å²) in [6.07, 6.45) is 4.76. The maximum atomic E-state index is 5.86. The number of imidazole rings is 1. The van der Waals surface area contributed by atoms with E-state index in [0.29, 0.717) is 5.88 Å². The van der Waals surface area contributed by atoms with Gasteiger partial charge < -0.3 is 4.57 Å². The highest BCUT2D eigenvalue weighted by molar-refractivity contribution is 6.17. The van der Waals surface area contributed by atoms with Crippen LogP contribution in [0.15, 0.2) is 0 Å². The lowest BCUT2D eigenvalue weighted by Crippen LogP contribution is -2.12. The van der Waals surface area contributed by atoms with Crippen LogP contribution in [0, 0.1) is 0 Å². The molecule has 0 bridgehead atoms. The maximum absolute atomic E-state index is 5.86. The predicted octanol–water partition coefficient (Wildman–Crippen LogP) is 2.52. The van der Waals surface area contributed by atoms with E-state index in [2.05, 4.69) is 16.5 Å². The zero-order valence-electron chi connectivity index (χ0n) is 8.02. The first-order valence-corrected chi connectivity index (χ1v) is 5.53. The molecule has 1 aromatic heterocycles. The monoisotopic (exact) mass is 198 g/mol. The fraction of sp³-hybridized carbons (Fsp3) is 0.700. The largest absolute Gasteiger partial charge is 0.332 e. The summed E-state index contributed by atoms with van der Waals surface area (Å²) >= 11 is 5.86. The van der Waals surface area contributed by atoms with Gasteiger partial charge in [-0.15, -0.1) is 11.6 Å². The summed E-state index contributed by atoms with van der Waals surface area (Å²) in [5, 5.41) is 0. The highest BCUT2D eigenvalue weighted by Gasteiger charge is 2.17. The first-order valence-electron chi connectivity index (χ1n) is 5.00. The second-order valence-corrected chi connectivity index (χ2v) is 3.78. The van der Waals surface area contributed by atoms with E-state index in [0.717, 1.165) is 25.1 Å². The third-order valence-corrected chi connectivity index (χ3v) is 2.98. The van der Waals surface area contributed by atoms with Crippen LogP contribution in [-0.4, -0.2) is 9.55 Å². The van der Waals surface area contributed by atoms with Crippen LogP contribution in [0.3, 0.4) is 0 Å². The number of halogens is 1. The van der Waals surface area contributed by atoms with Crippen molar-refractivity contribution >= 4 is 11.6 Å². The number of rotatable bonds is 2. The van der Waals surface area contributed by atoms with Crippen LogP contribution in [0.25, 0.3) is 0 Å². The van der Waals surface area contributed by atoms with E-state index in [1.165, 1.54) is 24.4 Å². The Kier molecular flexibility index (Phi) is 2.58. The molecule has 0 unspecified atom stereocenters. The van der Waals surface area contributed by atoms with Crippen molar-refractivity contribution in [2.45, 2.75) is 45.0 Å². The van der Waals surface area contributed by atoms with E-state index < -0.39 is 0 Å². The summed E-state index contributed by atoms with van der Waals surface area (Å²) < 4.78 is 2.36. The highest BCUT2D eigenvalue weighted by atomic mass is 35.5. The standard InChI is InChI=1S/C10H15ClN2/c1-2-10-12-8(7-11)9-5-3-4-6-13(9)10/h2-7H2,1H3. The third kappa shape index (κ3) is 1.48. The van der Waals surface area contributed by atoms with Crippen molar-refractivity contribution < 1.29 is 0 Å². The van der Waals surface area contributed by atoms with Crippen LogP contribution in [-0.2, 0) is 25.3 Å². The van der Waals surface area contributed by atoms with E-state index in [1.807, 2.05) is 0 Å². The second-order valence-electron chi connectivity index (χ2n) is 3.52. The SMILES string of the molecule is CCc1nc(CCl)c2n1CCCC2. The topological polar surface area (TPSA) is 17.8 Å². The first-order chi connectivity index (χ1) is 6.36. The van der Waals surface area contributed by atoms with Crippen molar-refractivity contribution in [2.75, 3.05) is 0 Å². The number of alkyl halides is 1. The number of aryl methyl sites for hydroxylation is 1. The Balaban J connectivity index is 2.44. The molecule has 0 saturated heterocycles. The molecule has 2 rings (SSSR count). The summed E-state index contributed by atoms with van der Waals surface area (Å²) in [6.45, 7) is 3.30. The summed E-state index contributed by atoms with van der Waals surface area (Å²) in [4.78, 5) is 4.56. The molecule has 0 aromatic carbocycles. The zero-order chi connectivity index (χ0) is 9.26. The molecule has 1 aliphatic heterocycles. The van der Waals surface area contributed by atoms with Gasteiger partial charge in [-0.05, 0) is 19.3 Å². The Labute approximate surface area is 83.9 Å². The normalized spacial score (nSPS) is 15.8. The van der Waals surface area contributed by atoms with Crippen molar-refractivity contribution in [1.29, 1.82) is 0 Å². The zero-order valence-corrected chi connectivity index (χ0v) is 8.77. The average Bonchev–Trinajstić information content (AvgIpc) is 2.56. The second kappa shape index (κ2) is 3.70. The van der Waals surface area contributed by atoms with Gasteiger partial charge in [-0.2, -0.15) is 0 Å². The van der Waals surface area contributed by atoms with Gasteiger partial charge in [0.05, 0.1) is 11.6 Å². The van der Waals surface area contributed by atoms with Crippen molar-refractivity contribution in [3.63, 3.8) is 0 Å². The molecule has 1 aromatic rings. The smallest absolute Gasteiger partial charge is 0.108 e. The minimum atomic E-state index is 0.565.